The van der Waals surface area contributed by atoms with Gasteiger partial charge in [0.1, 0.15) is 0 Å². The monoisotopic (exact) mass is 326 g/mol. The minimum absolute atomic E-state index is 0.0569. The maximum absolute atomic E-state index is 11.3. The van der Waals surface area contributed by atoms with Crippen molar-refractivity contribution in [3.8, 4) is 0 Å². The van der Waals surface area contributed by atoms with Gasteiger partial charge in [0.05, 0.1) is 6.42 Å². The van der Waals surface area contributed by atoms with Crippen LogP contribution in [0.2, 0.25) is 0 Å². The number of hydrogen-bond donors (Lipinski definition) is 1. The number of unbranched alkanes of at least 4 members (excludes halogenated alkanes) is 10. The van der Waals surface area contributed by atoms with Crippen LogP contribution in [-0.2, 0) is 4.79 Å². The lowest BCUT2D eigenvalue weighted by Crippen LogP contribution is -2.24. The summed E-state index contributed by atoms with van der Waals surface area (Å²) in [4.78, 5) is 11.3. The second-order valence-corrected chi connectivity index (χ2v) is 7.46. The minimum Gasteiger partial charge on any atom is -0.481 e. The molecule has 23 heavy (non-hydrogen) atoms. The molecule has 0 aliphatic carbocycles. The molecule has 2 heteroatoms. The van der Waals surface area contributed by atoms with Crippen LogP contribution in [0.25, 0.3) is 0 Å². The summed E-state index contributed by atoms with van der Waals surface area (Å²) in [5.41, 5.74) is 0.0569. The standard InChI is InChI=1S/C21H42O2/c1-4-7-9-11-13-15-17-21(6-3,19-20(22)23)18-16-14-12-10-8-5-2/h4-19H2,1-3H3,(H,22,23). The largest absolute Gasteiger partial charge is 0.481 e. The Balaban J connectivity index is 4.15. The first-order valence-corrected chi connectivity index (χ1v) is 10.3. The molecule has 0 saturated heterocycles. The van der Waals surface area contributed by atoms with Gasteiger partial charge in [-0.15, -0.1) is 0 Å². The lowest BCUT2D eigenvalue weighted by Gasteiger charge is -2.31. The fourth-order valence-electron chi connectivity index (χ4n) is 3.66. The highest BCUT2D eigenvalue weighted by molar-refractivity contribution is 5.67. The van der Waals surface area contributed by atoms with E-state index in [1.165, 1.54) is 77.0 Å². The van der Waals surface area contributed by atoms with Gasteiger partial charge in [-0.3, -0.25) is 4.79 Å². The number of hydrogen-bond acceptors (Lipinski definition) is 1. The maximum atomic E-state index is 11.3. The van der Waals surface area contributed by atoms with Crippen LogP contribution in [0.1, 0.15) is 124 Å². The molecule has 0 aliphatic heterocycles. The quantitative estimate of drug-likeness (QED) is 0.283. The summed E-state index contributed by atoms with van der Waals surface area (Å²) in [7, 11) is 0. The molecule has 2 nitrogen and oxygen atoms in total. The average Bonchev–Trinajstić information content (AvgIpc) is 2.53. The Morgan fingerprint density at radius 3 is 1.43 bits per heavy atom. The van der Waals surface area contributed by atoms with E-state index in [1.54, 1.807) is 0 Å². The fraction of sp³-hybridized carbons (Fsp3) is 0.952. The molecule has 0 rings (SSSR count). The molecule has 0 radical (unpaired) electrons. The van der Waals surface area contributed by atoms with Crippen molar-refractivity contribution in [1.82, 2.24) is 0 Å². The minimum atomic E-state index is -0.608. The number of carboxylic acid groups (broad SMARTS) is 1. The molecule has 0 amide bonds. The van der Waals surface area contributed by atoms with E-state index in [0.29, 0.717) is 6.42 Å². The van der Waals surface area contributed by atoms with Crippen molar-refractivity contribution in [2.75, 3.05) is 0 Å². The van der Waals surface area contributed by atoms with Gasteiger partial charge in [0.2, 0.25) is 0 Å². The number of rotatable bonds is 17. The molecule has 0 unspecified atom stereocenters. The number of carbonyl (C=O) groups is 1. The topological polar surface area (TPSA) is 37.3 Å². The molecule has 0 aromatic carbocycles. The first kappa shape index (κ1) is 22.5. The summed E-state index contributed by atoms with van der Waals surface area (Å²) in [6, 6.07) is 0. The molecule has 0 atom stereocenters. The Hall–Kier alpha value is -0.530. The van der Waals surface area contributed by atoms with Crippen LogP contribution in [-0.4, -0.2) is 11.1 Å². The Morgan fingerprint density at radius 2 is 1.09 bits per heavy atom. The summed E-state index contributed by atoms with van der Waals surface area (Å²) in [5, 5.41) is 9.33. The van der Waals surface area contributed by atoms with Gasteiger partial charge in [-0.2, -0.15) is 0 Å². The van der Waals surface area contributed by atoms with Crippen LogP contribution in [0.4, 0.5) is 0 Å². The smallest absolute Gasteiger partial charge is 0.303 e. The van der Waals surface area contributed by atoms with Crippen molar-refractivity contribution in [2.45, 2.75) is 124 Å². The Kier molecular flexibility index (Phi) is 14.7. The predicted molar refractivity (Wildman–Crippen MR) is 101 cm³/mol. The molecule has 0 aromatic rings. The third-order valence-electron chi connectivity index (χ3n) is 5.40. The van der Waals surface area contributed by atoms with Crippen LogP contribution in [0, 0.1) is 5.41 Å². The molecule has 138 valence electrons. The van der Waals surface area contributed by atoms with Gasteiger partial charge in [-0.05, 0) is 24.7 Å². The first-order valence-electron chi connectivity index (χ1n) is 10.3. The van der Waals surface area contributed by atoms with Crippen LogP contribution in [0.15, 0.2) is 0 Å². The van der Waals surface area contributed by atoms with E-state index >= 15 is 0 Å². The van der Waals surface area contributed by atoms with E-state index in [2.05, 4.69) is 20.8 Å². The normalized spacial score (nSPS) is 11.8. The summed E-state index contributed by atoms with van der Waals surface area (Å²) < 4.78 is 0. The second kappa shape index (κ2) is 15.0. The van der Waals surface area contributed by atoms with E-state index in [-0.39, 0.29) is 5.41 Å². The summed E-state index contributed by atoms with van der Waals surface area (Å²) in [6.45, 7) is 6.68. The zero-order chi connectivity index (χ0) is 17.4. The van der Waals surface area contributed by atoms with Gasteiger partial charge < -0.3 is 5.11 Å². The maximum Gasteiger partial charge on any atom is 0.303 e. The molecule has 1 N–H and O–H groups in total. The zero-order valence-electron chi connectivity index (χ0n) is 16.2. The lowest BCUT2D eigenvalue weighted by molar-refractivity contribution is -0.140. The van der Waals surface area contributed by atoms with Crippen molar-refractivity contribution in [3.05, 3.63) is 0 Å². The van der Waals surface area contributed by atoms with Crippen molar-refractivity contribution in [3.63, 3.8) is 0 Å². The van der Waals surface area contributed by atoms with Crippen molar-refractivity contribution < 1.29 is 9.90 Å². The van der Waals surface area contributed by atoms with Crippen LogP contribution < -0.4 is 0 Å². The summed E-state index contributed by atoms with van der Waals surface area (Å²) in [6.07, 6.45) is 19.1. The molecule has 0 heterocycles. The van der Waals surface area contributed by atoms with Gasteiger partial charge in [0.25, 0.3) is 0 Å². The molecule has 0 fully saturated rings. The number of aliphatic carboxylic acids is 1. The molecular weight excluding hydrogens is 284 g/mol. The van der Waals surface area contributed by atoms with E-state index in [1.807, 2.05) is 0 Å². The highest BCUT2D eigenvalue weighted by Gasteiger charge is 2.29. The van der Waals surface area contributed by atoms with Crippen molar-refractivity contribution in [2.24, 2.45) is 5.41 Å². The van der Waals surface area contributed by atoms with E-state index in [9.17, 15) is 9.90 Å². The fourth-order valence-corrected chi connectivity index (χ4v) is 3.66. The molecule has 0 spiro atoms. The SMILES string of the molecule is CCCCCCCCC(CC)(CCCCCCCC)CC(=O)O. The molecular formula is C21H42O2. The van der Waals surface area contributed by atoms with Gasteiger partial charge in [-0.1, -0.05) is 97.8 Å². The summed E-state index contributed by atoms with van der Waals surface area (Å²) in [5.74, 6) is -0.608. The average molecular weight is 327 g/mol. The van der Waals surface area contributed by atoms with Crippen molar-refractivity contribution in [1.29, 1.82) is 0 Å². The van der Waals surface area contributed by atoms with Gasteiger partial charge in [0.15, 0.2) is 0 Å². The highest BCUT2D eigenvalue weighted by Crippen LogP contribution is 2.38. The zero-order valence-corrected chi connectivity index (χ0v) is 16.2. The molecule has 0 saturated carbocycles. The third kappa shape index (κ3) is 12.5. The third-order valence-corrected chi connectivity index (χ3v) is 5.40. The van der Waals surface area contributed by atoms with Gasteiger partial charge >= 0.3 is 5.97 Å². The predicted octanol–water partition coefficient (Wildman–Crippen LogP) is 7.36. The Morgan fingerprint density at radius 1 is 0.696 bits per heavy atom. The second-order valence-electron chi connectivity index (χ2n) is 7.46. The number of carboxylic acids is 1. The Labute approximate surface area is 145 Å². The van der Waals surface area contributed by atoms with Gasteiger partial charge in [0, 0.05) is 0 Å². The Bertz CT molecular complexity index is 257. The van der Waals surface area contributed by atoms with E-state index in [4.69, 9.17) is 0 Å². The van der Waals surface area contributed by atoms with Crippen LogP contribution in [0.3, 0.4) is 0 Å². The van der Waals surface area contributed by atoms with Crippen LogP contribution in [0.5, 0.6) is 0 Å². The lowest BCUT2D eigenvalue weighted by atomic mass is 9.73. The first-order chi connectivity index (χ1) is 11.1. The molecule has 0 bridgehead atoms. The highest BCUT2D eigenvalue weighted by atomic mass is 16.4. The van der Waals surface area contributed by atoms with E-state index in [0.717, 1.165) is 19.3 Å². The van der Waals surface area contributed by atoms with Crippen LogP contribution >= 0.6 is 0 Å². The van der Waals surface area contributed by atoms with E-state index < -0.39 is 5.97 Å². The molecule has 0 aromatic heterocycles. The van der Waals surface area contributed by atoms with Gasteiger partial charge in [-0.25, -0.2) is 0 Å². The summed E-state index contributed by atoms with van der Waals surface area (Å²) >= 11 is 0. The molecule has 0 aliphatic rings. The van der Waals surface area contributed by atoms with Crippen molar-refractivity contribution >= 4 is 5.97 Å².